The SMILES string of the molecule is CNC(=O)[C@@H]1C[C@H](NCc2ccc3ccccc3c2)CN1CC=Cc1ccccc1. The third-order valence-corrected chi connectivity index (χ3v) is 5.81. The number of carbonyl (C=O) groups excluding carboxylic acids is 1. The van der Waals surface area contributed by atoms with Crippen LogP contribution in [0.1, 0.15) is 17.5 Å². The van der Waals surface area contributed by atoms with Gasteiger partial charge in [0.05, 0.1) is 6.04 Å². The van der Waals surface area contributed by atoms with E-state index >= 15 is 0 Å². The van der Waals surface area contributed by atoms with E-state index in [1.807, 2.05) is 18.2 Å². The third-order valence-electron chi connectivity index (χ3n) is 5.81. The number of hydrogen-bond donors (Lipinski definition) is 2. The summed E-state index contributed by atoms with van der Waals surface area (Å²) in [5.74, 6) is 0.0955. The number of nitrogens with one attached hydrogen (secondary N) is 2. The standard InChI is InChI=1S/C26H29N3O/c1-27-26(30)25-17-24(19-29(25)15-7-10-20-8-3-2-4-9-20)28-18-21-13-14-22-11-5-6-12-23(22)16-21/h2-14,16,24-25,28H,15,17-19H2,1H3,(H,27,30)/t24-,25-/m0/s1. The van der Waals surface area contributed by atoms with Crippen LogP contribution >= 0.6 is 0 Å². The first-order valence-electron chi connectivity index (χ1n) is 10.6. The molecule has 2 N–H and O–H groups in total. The molecule has 1 fully saturated rings. The number of nitrogens with zero attached hydrogens (tertiary/aromatic N) is 1. The minimum absolute atomic E-state index is 0.0930. The highest BCUT2D eigenvalue weighted by molar-refractivity contribution is 5.83. The lowest BCUT2D eigenvalue weighted by atomic mass is 10.1. The Labute approximate surface area is 178 Å². The van der Waals surface area contributed by atoms with E-state index in [1.54, 1.807) is 7.05 Å². The molecular formula is C26H29N3O. The number of likely N-dealkylation sites (N-methyl/N-ethyl adjacent to an activating group) is 1. The number of carbonyl (C=O) groups is 1. The van der Waals surface area contributed by atoms with Gasteiger partial charge in [0.15, 0.2) is 0 Å². The van der Waals surface area contributed by atoms with Crippen LogP contribution in [0.5, 0.6) is 0 Å². The summed E-state index contributed by atoms with van der Waals surface area (Å²) in [5, 5.41) is 9.02. The van der Waals surface area contributed by atoms with E-state index in [9.17, 15) is 4.79 Å². The maximum absolute atomic E-state index is 12.4. The minimum Gasteiger partial charge on any atom is -0.358 e. The van der Waals surface area contributed by atoms with Crippen LogP contribution in [-0.4, -0.2) is 43.0 Å². The van der Waals surface area contributed by atoms with Gasteiger partial charge in [-0.25, -0.2) is 0 Å². The molecule has 0 radical (unpaired) electrons. The minimum atomic E-state index is -0.0930. The topological polar surface area (TPSA) is 44.4 Å². The fourth-order valence-electron chi connectivity index (χ4n) is 4.19. The van der Waals surface area contributed by atoms with Crippen LogP contribution in [0.2, 0.25) is 0 Å². The van der Waals surface area contributed by atoms with Crippen LogP contribution < -0.4 is 10.6 Å². The first kappa shape index (κ1) is 20.3. The molecule has 3 aromatic carbocycles. The van der Waals surface area contributed by atoms with Gasteiger partial charge >= 0.3 is 0 Å². The van der Waals surface area contributed by atoms with Crippen LogP contribution in [0.25, 0.3) is 16.8 Å². The molecule has 4 nitrogen and oxygen atoms in total. The average Bonchev–Trinajstić information content (AvgIpc) is 3.21. The highest BCUT2D eigenvalue weighted by Crippen LogP contribution is 2.20. The van der Waals surface area contributed by atoms with Gasteiger partial charge in [0, 0.05) is 32.7 Å². The van der Waals surface area contributed by atoms with Gasteiger partial charge in [-0.15, -0.1) is 0 Å². The Morgan fingerprint density at radius 1 is 1.03 bits per heavy atom. The Hall–Kier alpha value is -2.95. The number of rotatable bonds is 7. The maximum atomic E-state index is 12.4. The van der Waals surface area contributed by atoms with Crippen molar-refractivity contribution in [2.24, 2.45) is 0 Å². The van der Waals surface area contributed by atoms with Crippen molar-refractivity contribution in [1.82, 2.24) is 15.5 Å². The smallest absolute Gasteiger partial charge is 0.237 e. The molecule has 1 aliphatic heterocycles. The summed E-state index contributed by atoms with van der Waals surface area (Å²) in [6.07, 6.45) is 5.10. The molecule has 1 aliphatic rings. The van der Waals surface area contributed by atoms with E-state index in [4.69, 9.17) is 0 Å². The second kappa shape index (κ2) is 9.70. The lowest BCUT2D eigenvalue weighted by Gasteiger charge is -2.21. The zero-order valence-electron chi connectivity index (χ0n) is 17.4. The highest BCUT2D eigenvalue weighted by atomic mass is 16.2. The second-order valence-electron chi connectivity index (χ2n) is 7.89. The van der Waals surface area contributed by atoms with Crippen molar-refractivity contribution in [2.45, 2.75) is 25.0 Å². The molecule has 4 heteroatoms. The molecular weight excluding hydrogens is 370 g/mol. The number of likely N-dealkylation sites (tertiary alicyclic amines) is 1. The molecule has 30 heavy (non-hydrogen) atoms. The largest absolute Gasteiger partial charge is 0.358 e. The Bertz CT molecular complexity index is 1010. The predicted molar refractivity (Wildman–Crippen MR) is 124 cm³/mol. The van der Waals surface area contributed by atoms with Crippen molar-refractivity contribution in [3.05, 3.63) is 90.0 Å². The van der Waals surface area contributed by atoms with Gasteiger partial charge in [-0.1, -0.05) is 78.9 Å². The Balaban J connectivity index is 1.37. The molecule has 1 amide bonds. The van der Waals surface area contributed by atoms with Crippen molar-refractivity contribution in [3.8, 4) is 0 Å². The van der Waals surface area contributed by atoms with E-state index < -0.39 is 0 Å². The van der Waals surface area contributed by atoms with Crippen LogP contribution in [0.15, 0.2) is 78.9 Å². The molecule has 4 rings (SSSR count). The molecule has 0 aliphatic carbocycles. The van der Waals surface area contributed by atoms with Crippen molar-refractivity contribution in [1.29, 1.82) is 0 Å². The van der Waals surface area contributed by atoms with E-state index in [0.717, 1.165) is 26.1 Å². The molecule has 1 saturated heterocycles. The van der Waals surface area contributed by atoms with Crippen molar-refractivity contribution < 1.29 is 4.79 Å². The maximum Gasteiger partial charge on any atom is 0.237 e. The Kier molecular flexibility index (Phi) is 6.57. The monoisotopic (exact) mass is 399 g/mol. The quantitative estimate of drug-likeness (QED) is 0.635. The molecule has 0 saturated carbocycles. The van der Waals surface area contributed by atoms with Crippen LogP contribution in [0.3, 0.4) is 0 Å². The van der Waals surface area contributed by atoms with Gasteiger partial charge in [-0.2, -0.15) is 0 Å². The molecule has 0 spiro atoms. The summed E-state index contributed by atoms with van der Waals surface area (Å²) < 4.78 is 0. The van der Waals surface area contributed by atoms with Gasteiger partial charge in [-0.05, 0) is 34.4 Å². The number of benzene rings is 3. The Morgan fingerprint density at radius 3 is 2.60 bits per heavy atom. The number of amides is 1. The van der Waals surface area contributed by atoms with Crippen LogP contribution in [0, 0.1) is 0 Å². The van der Waals surface area contributed by atoms with Crippen LogP contribution in [0.4, 0.5) is 0 Å². The first-order chi connectivity index (χ1) is 14.7. The average molecular weight is 400 g/mol. The second-order valence-corrected chi connectivity index (χ2v) is 7.89. The van der Waals surface area contributed by atoms with Crippen LogP contribution in [-0.2, 0) is 11.3 Å². The molecule has 0 bridgehead atoms. The molecule has 0 aromatic heterocycles. The van der Waals surface area contributed by atoms with Crippen molar-refractivity contribution in [2.75, 3.05) is 20.1 Å². The fourth-order valence-corrected chi connectivity index (χ4v) is 4.19. The summed E-state index contributed by atoms with van der Waals surface area (Å²) in [6, 6.07) is 25.5. The molecule has 1 heterocycles. The highest BCUT2D eigenvalue weighted by Gasteiger charge is 2.35. The number of hydrogen-bond acceptors (Lipinski definition) is 3. The van der Waals surface area contributed by atoms with E-state index in [-0.39, 0.29) is 11.9 Å². The summed E-state index contributed by atoms with van der Waals surface area (Å²) in [7, 11) is 1.72. The molecule has 0 unspecified atom stereocenters. The normalized spacial score (nSPS) is 19.5. The fraction of sp³-hybridized carbons (Fsp3) is 0.269. The summed E-state index contributed by atoms with van der Waals surface area (Å²) in [4.78, 5) is 14.7. The zero-order valence-corrected chi connectivity index (χ0v) is 17.4. The van der Waals surface area contributed by atoms with Crippen molar-refractivity contribution >= 4 is 22.8 Å². The Morgan fingerprint density at radius 2 is 1.80 bits per heavy atom. The third kappa shape index (κ3) is 4.96. The van der Waals surface area contributed by atoms with E-state index in [2.05, 4.69) is 82.3 Å². The summed E-state index contributed by atoms with van der Waals surface area (Å²) in [6.45, 7) is 2.44. The van der Waals surface area contributed by atoms with Gasteiger partial charge in [0.25, 0.3) is 0 Å². The van der Waals surface area contributed by atoms with E-state index in [1.165, 1.54) is 21.9 Å². The number of fused-ring (bicyclic) bond motifs is 1. The zero-order chi connectivity index (χ0) is 20.8. The molecule has 154 valence electrons. The summed E-state index contributed by atoms with van der Waals surface area (Å²) in [5.41, 5.74) is 2.45. The van der Waals surface area contributed by atoms with Gasteiger partial charge < -0.3 is 10.6 Å². The first-order valence-corrected chi connectivity index (χ1v) is 10.6. The lowest BCUT2D eigenvalue weighted by Crippen LogP contribution is -2.41. The molecule has 3 aromatic rings. The summed E-state index contributed by atoms with van der Waals surface area (Å²) >= 11 is 0. The van der Waals surface area contributed by atoms with Crippen molar-refractivity contribution in [3.63, 3.8) is 0 Å². The van der Waals surface area contributed by atoms with Gasteiger partial charge in [-0.3, -0.25) is 9.69 Å². The molecule has 2 atom stereocenters. The van der Waals surface area contributed by atoms with E-state index in [0.29, 0.717) is 6.04 Å². The van der Waals surface area contributed by atoms with Gasteiger partial charge in [0.2, 0.25) is 5.91 Å². The lowest BCUT2D eigenvalue weighted by molar-refractivity contribution is -0.124. The van der Waals surface area contributed by atoms with Gasteiger partial charge in [0.1, 0.15) is 0 Å². The predicted octanol–water partition coefficient (Wildman–Crippen LogP) is 3.83.